The molecule has 0 aliphatic heterocycles. The molecule has 2 aromatic carbocycles. The fourth-order valence-corrected chi connectivity index (χ4v) is 2.28. The summed E-state index contributed by atoms with van der Waals surface area (Å²) in [5, 5.41) is 0. The van der Waals surface area contributed by atoms with Gasteiger partial charge in [0, 0.05) is 0 Å². The van der Waals surface area contributed by atoms with Crippen molar-refractivity contribution >= 4 is 5.78 Å². The number of ketones is 1. The molecule has 0 bridgehead atoms. The molecule has 2 nitrogen and oxygen atoms in total. The van der Waals surface area contributed by atoms with Gasteiger partial charge in [0.25, 0.3) is 0 Å². The Morgan fingerprint density at radius 1 is 1.17 bits per heavy atom. The monoisotopic (exact) mass is 328 g/mol. The van der Waals surface area contributed by atoms with Gasteiger partial charge in [-0.15, -0.1) is 0 Å². The number of carbonyl (C=O) groups excluding carboxylic acids is 1. The first-order chi connectivity index (χ1) is 11.5. The van der Waals surface area contributed by atoms with Crippen LogP contribution in [0.15, 0.2) is 61.2 Å². The molecule has 0 heterocycles. The maximum Gasteiger partial charge on any atom is 0.176 e. The maximum atomic E-state index is 13.6. The molecular formula is C21H25FO2. The van der Waals surface area contributed by atoms with Crippen molar-refractivity contribution in [3.63, 3.8) is 0 Å². The molecule has 3 heteroatoms. The summed E-state index contributed by atoms with van der Waals surface area (Å²) in [7, 11) is 0. The molecule has 0 radical (unpaired) electrons. The van der Waals surface area contributed by atoms with Gasteiger partial charge in [-0.1, -0.05) is 56.8 Å². The molecule has 0 saturated heterocycles. The van der Waals surface area contributed by atoms with Crippen LogP contribution in [0.4, 0.5) is 4.39 Å². The van der Waals surface area contributed by atoms with Crippen LogP contribution in [0.1, 0.15) is 43.6 Å². The summed E-state index contributed by atoms with van der Waals surface area (Å²) in [4.78, 5) is 12.9. The minimum Gasteiger partial charge on any atom is -0.489 e. The van der Waals surface area contributed by atoms with Gasteiger partial charge in [0.05, 0.1) is 11.0 Å². The molecule has 0 fully saturated rings. The lowest BCUT2D eigenvalue weighted by Crippen LogP contribution is -2.29. The Hall–Kier alpha value is -2.42. The molecule has 0 unspecified atom stereocenters. The lowest BCUT2D eigenvalue weighted by atomic mass is 9.78. The molecule has 2 aromatic rings. The standard InChI is InChI=1S/C19H19FO2.C2H6/c1-4-12-22-17-11-10-15(20)13-16(17)18(21)19(2,3)14-8-6-5-7-9-14;1-2/h4-11,13H,1,12H2,2-3H3;1-2H3. The van der Waals surface area contributed by atoms with Crippen molar-refractivity contribution in [3.05, 3.63) is 78.1 Å². The predicted molar refractivity (Wildman–Crippen MR) is 97.2 cm³/mol. The van der Waals surface area contributed by atoms with Crippen LogP contribution in [0, 0.1) is 5.82 Å². The van der Waals surface area contributed by atoms with Crippen molar-refractivity contribution in [3.8, 4) is 5.75 Å². The Balaban J connectivity index is 0.00000139. The number of Topliss-reactive ketones (excluding diaryl/α,β-unsaturated/α-hetero) is 1. The van der Waals surface area contributed by atoms with Gasteiger partial charge in [0.1, 0.15) is 18.2 Å². The number of hydrogen-bond donors (Lipinski definition) is 0. The first-order valence-corrected chi connectivity index (χ1v) is 8.10. The van der Waals surface area contributed by atoms with E-state index < -0.39 is 11.2 Å². The molecule has 2 rings (SSSR count). The van der Waals surface area contributed by atoms with Crippen molar-refractivity contribution < 1.29 is 13.9 Å². The Labute approximate surface area is 144 Å². The lowest BCUT2D eigenvalue weighted by molar-refractivity contribution is 0.0904. The third-order valence-electron chi connectivity index (χ3n) is 3.61. The summed E-state index contributed by atoms with van der Waals surface area (Å²) in [6.07, 6.45) is 1.58. The SMILES string of the molecule is C=CCOc1ccc(F)cc1C(=O)C(C)(C)c1ccccc1.CC. The highest BCUT2D eigenvalue weighted by molar-refractivity contribution is 6.05. The van der Waals surface area contributed by atoms with Gasteiger partial charge >= 0.3 is 0 Å². The fourth-order valence-electron chi connectivity index (χ4n) is 2.28. The van der Waals surface area contributed by atoms with Gasteiger partial charge in [-0.2, -0.15) is 0 Å². The van der Waals surface area contributed by atoms with E-state index >= 15 is 0 Å². The van der Waals surface area contributed by atoms with Crippen molar-refractivity contribution in [2.75, 3.05) is 6.61 Å². The normalized spacial score (nSPS) is 10.4. The second kappa shape index (κ2) is 9.02. The summed E-state index contributed by atoms with van der Waals surface area (Å²) >= 11 is 0. The quantitative estimate of drug-likeness (QED) is 0.511. The summed E-state index contributed by atoms with van der Waals surface area (Å²) in [6.45, 7) is 11.5. The first kappa shape index (κ1) is 19.6. The van der Waals surface area contributed by atoms with E-state index in [2.05, 4.69) is 6.58 Å². The number of rotatable bonds is 6. The highest BCUT2D eigenvalue weighted by atomic mass is 19.1. The molecule has 128 valence electrons. The van der Waals surface area contributed by atoms with E-state index in [0.717, 1.165) is 5.56 Å². The summed E-state index contributed by atoms with van der Waals surface area (Å²) in [5.74, 6) is -0.272. The molecule has 0 amide bonds. The zero-order valence-corrected chi connectivity index (χ0v) is 14.8. The first-order valence-electron chi connectivity index (χ1n) is 8.10. The largest absolute Gasteiger partial charge is 0.489 e. The van der Waals surface area contributed by atoms with E-state index in [1.807, 2.05) is 58.0 Å². The van der Waals surface area contributed by atoms with Crippen LogP contribution in [-0.2, 0) is 5.41 Å². The molecule has 0 atom stereocenters. The second-order valence-corrected chi connectivity index (χ2v) is 5.56. The minimum atomic E-state index is -0.776. The summed E-state index contributed by atoms with van der Waals surface area (Å²) in [6, 6.07) is 13.4. The average molecular weight is 328 g/mol. The highest BCUT2D eigenvalue weighted by Gasteiger charge is 2.32. The second-order valence-electron chi connectivity index (χ2n) is 5.56. The van der Waals surface area contributed by atoms with Crippen LogP contribution >= 0.6 is 0 Å². The van der Waals surface area contributed by atoms with Gasteiger partial charge in [-0.3, -0.25) is 4.79 Å². The Bertz CT molecular complexity index is 675. The van der Waals surface area contributed by atoms with Gasteiger partial charge in [-0.25, -0.2) is 4.39 Å². The topological polar surface area (TPSA) is 26.3 Å². The Morgan fingerprint density at radius 3 is 2.38 bits per heavy atom. The van der Waals surface area contributed by atoms with Gasteiger partial charge < -0.3 is 4.74 Å². The molecule has 0 spiro atoms. The molecular weight excluding hydrogens is 303 g/mol. The number of carbonyl (C=O) groups is 1. The van der Waals surface area contributed by atoms with Crippen LogP contribution in [0.2, 0.25) is 0 Å². The molecule has 0 N–H and O–H groups in total. The van der Waals surface area contributed by atoms with Crippen molar-refractivity contribution in [1.29, 1.82) is 0 Å². The van der Waals surface area contributed by atoms with E-state index in [1.165, 1.54) is 18.2 Å². The zero-order chi connectivity index (χ0) is 18.2. The van der Waals surface area contributed by atoms with Crippen LogP contribution in [0.3, 0.4) is 0 Å². The summed E-state index contributed by atoms with van der Waals surface area (Å²) < 4.78 is 19.1. The Kier molecular flexibility index (Phi) is 7.37. The molecule has 0 aliphatic rings. The van der Waals surface area contributed by atoms with Crippen LogP contribution < -0.4 is 4.74 Å². The Morgan fingerprint density at radius 2 is 1.79 bits per heavy atom. The van der Waals surface area contributed by atoms with Crippen LogP contribution in [-0.4, -0.2) is 12.4 Å². The van der Waals surface area contributed by atoms with Crippen LogP contribution in [0.25, 0.3) is 0 Å². The molecule has 0 aromatic heterocycles. The third-order valence-corrected chi connectivity index (χ3v) is 3.61. The predicted octanol–water partition coefficient (Wildman–Crippen LogP) is 5.58. The number of benzene rings is 2. The van der Waals surface area contributed by atoms with Crippen molar-refractivity contribution in [1.82, 2.24) is 0 Å². The number of ether oxygens (including phenoxy) is 1. The van der Waals surface area contributed by atoms with Gasteiger partial charge in [0.2, 0.25) is 0 Å². The maximum absolute atomic E-state index is 13.6. The molecule has 0 saturated carbocycles. The number of hydrogen-bond acceptors (Lipinski definition) is 2. The van der Waals surface area contributed by atoms with E-state index in [9.17, 15) is 9.18 Å². The lowest BCUT2D eigenvalue weighted by Gasteiger charge is -2.25. The van der Waals surface area contributed by atoms with E-state index in [4.69, 9.17) is 4.74 Å². The van der Waals surface area contributed by atoms with Crippen LogP contribution in [0.5, 0.6) is 5.75 Å². The summed E-state index contributed by atoms with van der Waals surface area (Å²) in [5.41, 5.74) is 0.344. The minimum absolute atomic E-state index is 0.183. The van der Waals surface area contributed by atoms with Crippen molar-refractivity contribution in [2.45, 2.75) is 33.1 Å². The molecule has 24 heavy (non-hydrogen) atoms. The fraction of sp³-hybridized carbons (Fsp3) is 0.286. The van der Waals surface area contributed by atoms with Gasteiger partial charge in [0.15, 0.2) is 5.78 Å². The highest BCUT2D eigenvalue weighted by Crippen LogP contribution is 2.31. The zero-order valence-electron chi connectivity index (χ0n) is 14.8. The van der Waals surface area contributed by atoms with E-state index in [0.29, 0.717) is 5.75 Å². The molecule has 0 aliphatic carbocycles. The van der Waals surface area contributed by atoms with E-state index in [-0.39, 0.29) is 18.0 Å². The number of halogens is 1. The van der Waals surface area contributed by atoms with Gasteiger partial charge in [-0.05, 0) is 37.6 Å². The van der Waals surface area contributed by atoms with E-state index in [1.54, 1.807) is 6.08 Å². The average Bonchev–Trinajstić information content (AvgIpc) is 2.62. The van der Waals surface area contributed by atoms with Crippen molar-refractivity contribution in [2.24, 2.45) is 0 Å². The smallest absolute Gasteiger partial charge is 0.176 e. The third kappa shape index (κ3) is 4.54.